The summed E-state index contributed by atoms with van der Waals surface area (Å²) in [6, 6.07) is 80.9. The van der Waals surface area contributed by atoms with Gasteiger partial charge in [0.1, 0.15) is 0 Å². The van der Waals surface area contributed by atoms with Crippen molar-refractivity contribution in [3.8, 4) is 55.6 Å². The molecule has 0 bridgehead atoms. The molecule has 0 amide bonds. The quantitative estimate of drug-likeness (QED) is 0.122. The summed E-state index contributed by atoms with van der Waals surface area (Å²) in [6.07, 6.45) is 0. The van der Waals surface area contributed by atoms with Crippen LogP contribution in [0.2, 0.25) is 0 Å². The van der Waals surface area contributed by atoms with Gasteiger partial charge >= 0.3 is 0 Å². The largest absolute Gasteiger partial charge is 0.0622 e. The lowest BCUT2D eigenvalue weighted by molar-refractivity contribution is 1.62. The SMILES string of the molecule is c1ccc(-c2ccc3c(-c4c5ccccc5c5c6cc(-c7ccccc7)cc7cc(-c8ccccc8)cc(c8cccc4c85)c76)cc(-c4ccccc4)cc3c2)cc1. The Hall–Kier alpha value is -7.54. The molecule has 0 heteroatoms. The van der Waals surface area contributed by atoms with E-state index in [1.54, 1.807) is 0 Å². The zero-order chi connectivity index (χ0) is 38.2. The molecule has 0 aliphatic carbocycles. The Bertz CT molecular complexity index is 3500. The third kappa shape index (κ3) is 5.09. The molecular formula is C58H36. The standard InChI is InChI=1S/C58H36/c1-5-16-37(17-6-1)41-28-29-47-45(30-41)31-42(38-18-7-2-8-19-38)34-52(47)56-48-24-13-14-25-49(48)58-54-36-44(40-22-11-4-12-23-40)33-46-32-43(39-20-9-3-10-21-39)35-53(55(46)54)50-26-15-27-51(56)57(50)58/h1-36H. The molecule has 0 aliphatic rings. The highest BCUT2D eigenvalue weighted by Crippen LogP contribution is 2.51. The number of hydrogen-bond donors (Lipinski definition) is 0. The van der Waals surface area contributed by atoms with Crippen LogP contribution < -0.4 is 0 Å². The van der Waals surface area contributed by atoms with Crippen molar-refractivity contribution < 1.29 is 0 Å². The van der Waals surface area contributed by atoms with Crippen LogP contribution in [0.3, 0.4) is 0 Å². The van der Waals surface area contributed by atoms with Crippen molar-refractivity contribution in [3.63, 3.8) is 0 Å². The van der Waals surface area contributed by atoms with Crippen LogP contribution in [0.1, 0.15) is 0 Å². The second-order valence-electron chi connectivity index (χ2n) is 15.6. The third-order valence-electron chi connectivity index (χ3n) is 12.3. The fourth-order valence-electron chi connectivity index (χ4n) is 9.73. The molecule has 0 atom stereocenters. The van der Waals surface area contributed by atoms with Gasteiger partial charge in [-0.2, -0.15) is 0 Å². The number of rotatable bonds is 5. The molecular weight excluding hydrogens is 697 g/mol. The average Bonchev–Trinajstić information content (AvgIpc) is 3.30. The van der Waals surface area contributed by atoms with Crippen molar-refractivity contribution >= 4 is 64.6 Å². The van der Waals surface area contributed by atoms with Crippen molar-refractivity contribution in [2.75, 3.05) is 0 Å². The Morgan fingerprint density at radius 3 is 1.24 bits per heavy atom. The molecule has 0 aliphatic heterocycles. The topological polar surface area (TPSA) is 0 Å². The molecule has 0 N–H and O–H groups in total. The van der Waals surface area contributed by atoms with E-state index in [1.165, 1.54) is 120 Å². The maximum atomic E-state index is 2.46. The van der Waals surface area contributed by atoms with Gasteiger partial charge in [0.05, 0.1) is 0 Å². The molecule has 0 fully saturated rings. The van der Waals surface area contributed by atoms with Crippen LogP contribution in [0.5, 0.6) is 0 Å². The summed E-state index contributed by atoms with van der Waals surface area (Å²) in [4.78, 5) is 0. The zero-order valence-electron chi connectivity index (χ0n) is 31.8. The fraction of sp³-hybridized carbons (Fsp3) is 0. The van der Waals surface area contributed by atoms with E-state index in [4.69, 9.17) is 0 Å². The molecule has 0 saturated carbocycles. The molecule has 58 heavy (non-hydrogen) atoms. The first-order valence-corrected chi connectivity index (χ1v) is 20.2. The lowest BCUT2D eigenvalue weighted by Crippen LogP contribution is -1.94. The van der Waals surface area contributed by atoms with Crippen LogP contribution in [0.15, 0.2) is 218 Å². The Labute approximate surface area is 337 Å². The number of benzene rings is 12. The molecule has 0 heterocycles. The van der Waals surface area contributed by atoms with Crippen molar-refractivity contribution in [3.05, 3.63) is 218 Å². The van der Waals surface area contributed by atoms with E-state index in [1.807, 2.05) is 0 Å². The van der Waals surface area contributed by atoms with Crippen molar-refractivity contribution in [1.29, 1.82) is 0 Å². The highest BCUT2D eigenvalue weighted by molar-refractivity contribution is 6.41. The monoisotopic (exact) mass is 732 g/mol. The summed E-state index contributed by atoms with van der Waals surface area (Å²) >= 11 is 0. The van der Waals surface area contributed by atoms with Gasteiger partial charge in [-0.3, -0.25) is 0 Å². The summed E-state index contributed by atoms with van der Waals surface area (Å²) in [5.41, 5.74) is 12.3. The summed E-state index contributed by atoms with van der Waals surface area (Å²) in [5, 5.41) is 15.4. The van der Waals surface area contributed by atoms with Crippen LogP contribution in [0, 0.1) is 0 Å². The van der Waals surface area contributed by atoms with E-state index in [2.05, 4.69) is 218 Å². The number of fused-ring (bicyclic) bond motifs is 5. The van der Waals surface area contributed by atoms with Crippen LogP contribution in [0.25, 0.3) is 120 Å². The third-order valence-corrected chi connectivity index (χ3v) is 12.3. The number of hydrogen-bond acceptors (Lipinski definition) is 0. The van der Waals surface area contributed by atoms with Gasteiger partial charge in [0.25, 0.3) is 0 Å². The average molecular weight is 733 g/mol. The van der Waals surface area contributed by atoms with Gasteiger partial charge in [-0.1, -0.05) is 176 Å². The minimum absolute atomic E-state index is 1.21. The Morgan fingerprint density at radius 2 is 0.621 bits per heavy atom. The normalized spacial score (nSPS) is 11.8. The lowest BCUT2D eigenvalue weighted by atomic mass is 9.80. The summed E-state index contributed by atoms with van der Waals surface area (Å²) in [6.45, 7) is 0. The van der Waals surface area contributed by atoms with Gasteiger partial charge in [0.15, 0.2) is 0 Å². The van der Waals surface area contributed by atoms with E-state index in [0.717, 1.165) is 0 Å². The molecule has 0 saturated heterocycles. The maximum absolute atomic E-state index is 2.46. The second kappa shape index (κ2) is 13.0. The van der Waals surface area contributed by atoms with E-state index in [-0.39, 0.29) is 0 Å². The highest BCUT2D eigenvalue weighted by atomic mass is 14.3. The molecule has 12 aromatic carbocycles. The molecule has 12 rings (SSSR count). The Kier molecular flexibility index (Phi) is 7.33. The first-order valence-electron chi connectivity index (χ1n) is 20.2. The fourth-order valence-corrected chi connectivity index (χ4v) is 9.73. The predicted molar refractivity (Wildman–Crippen MR) is 250 cm³/mol. The highest BCUT2D eigenvalue weighted by Gasteiger charge is 2.23. The van der Waals surface area contributed by atoms with E-state index in [0.29, 0.717) is 0 Å². The van der Waals surface area contributed by atoms with Crippen LogP contribution in [-0.2, 0) is 0 Å². The van der Waals surface area contributed by atoms with Gasteiger partial charge in [-0.25, -0.2) is 0 Å². The Morgan fingerprint density at radius 1 is 0.190 bits per heavy atom. The second-order valence-corrected chi connectivity index (χ2v) is 15.6. The van der Waals surface area contributed by atoms with Gasteiger partial charge in [-0.05, 0) is 163 Å². The first-order chi connectivity index (χ1) is 28.8. The molecule has 0 aromatic heterocycles. The van der Waals surface area contributed by atoms with Crippen molar-refractivity contribution in [1.82, 2.24) is 0 Å². The molecule has 0 unspecified atom stereocenters. The van der Waals surface area contributed by atoms with Gasteiger partial charge in [0, 0.05) is 0 Å². The molecule has 0 radical (unpaired) electrons. The molecule has 0 spiro atoms. The van der Waals surface area contributed by atoms with Gasteiger partial charge in [0.2, 0.25) is 0 Å². The first kappa shape index (κ1) is 32.7. The predicted octanol–water partition coefficient (Wildman–Crippen LogP) is 16.4. The van der Waals surface area contributed by atoms with Crippen molar-refractivity contribution in [2.24, 2.45) is 0 Å². The van der Waals surface area contributed by atoms with Crippen LogP contribution >= 0.6 is 0 Å². The molecule has 268 valence electrons. The van der Waals surface area contributed by atoms with E-state index in [9.17, 15) is 0 Å². The van der Waals surface area contributed by atoms with Crippen molar-refractivity contribution in [2.45, 2.75) is 0 Å². The molecule has 12 aromatic rings. The minimum atomic E-state index is 1.21. The summed E-state index contributed by atoms with van der Waals surface area (Å²) in [5.74, 6) is 0. The summed E-state index contributed by atoms with van der Waals surface area (Å²) < 4.78 is 0. The van der Waals surface area contributed by atoms with E-state index < -0.39 is 0 Å². The Balaban J connectivity index is 1.26. The maximum Gasteiger partial charge on any atom is -0.00134 e. The lowest BCUT2D eigenvalue weighted by Gasteiger charge is -2.22. The summed E-state index contributed by atoms with van der Waals surface area (Å²) in [7, 11) is 0. The molecule has 0 nitrogen and oxygen atoms in total. The van der Waals surface area contributed by atoms with Gasteiger partial charge in [-0.15, -0.1) is 0 Å². The smallest absolute Gasteiger partial charge is 0.00134 e. The zero-order valence-corrected chi connectivity index (χ0v) is 31.8. The van der Waals surface area contributed by atoms with Gasteiger partial charge < -0.3 is 0 Å². The van der Waals surface area contributed by atoms with E-state index >= 15 is 0 Å². The van der Waals surface area contributed by atoms with Crippen LogP contribution in [-0.4, -0.2) is 0 Å². The minimum Gasteiger partial charge on any atom is -0.0622 e. The van der Waals surface area contributed by atoms with Crippen LogP contribution in [0.4, 0.5) is 0 Å².